The fourth-order valence-electron chi connectivity index (χ4n) is 1.03. The van der Waals surface area contributed by atoms with E-state index < -0.39 is 15.6 Å². The number of methoxy groups -OCH3 is 1. The Labute approximate surface area is 91.2 Å². The second kappa shape index (κ2) is 5.46. The topological polar surface area (TPSA) is 72.5 Å². The molecule has 0 aromatic heterocycles. The number of carbonyl (C=O) groups is 1. The molecular formula is C9H19NO4S. The molecule has 0 aromatic rings. The zero-order valence-electron chi connectivity index (χ0n) is 9.66. The molecule has 0 atom stereocenters. The lowest BCUT2D eigenvalue weighted by Crippen LogP contribution is -2.41. The number of sulfonamides is 1. The van der Waals surface area contributed by atoms with E-state index in [1.807, 2.05) is 0 Å². The second-order valence-corrected chi connectivity index (χ2v) is 6.19. The average Bonchev–Trinajstić information content (AvgIpc) is 1.98. The van der Waals surface area contributed by atoms with Crippen LogP contribution in [0.25, 0.3) is 0 Å². The SMILES string of the molecule is COC(=O)CCCS(=O)(=O)NC(C)(C)C. The average molecular weight is 237 g/mol. The molecule has 0 aromatic carbocycles. The van der Waals surface area contributed by atoms with Gasteiger partial charge in [0.2, 0.25) is 10.0 Å². The smallest absolute Gasteiger partial charge is 0.305 e. The van der Waals surface area contributed by atoms with E-state index in [1.54, 1.807) is 20.8 Å². The van der Waals surface area contributed by atoms with Gasteiger partial charge in [-0.2, -0.15) is 0 Å². The highest BCUT2D eigenvalue weighted by Crippen LogP contribution is 2.04. The third-order valence-electron chi connectivity index (χ3n) is 1.48. The van der Waals surface area contributed by atoms with Crippen molar-refractivity contribution in [3.05, 3.63) is 0 Å². The molecule has 0 unspecified atom stereocenters. The van der Waals surface area contributed by atoms with Crippen molar-refractivity contribution < 1.29 is 17.9 Å². The summed E-state index contributed by atoms with van der Waals surface area (Å²) >= 11 is 0. The number of rotatable bonds is 5. The highest BCUT2D eigenvalue weighted by Gasteiger charge is 2.19. The van der Waals surface area contributed by atoms with Gasteiger partial charge in [0.05, 0.1) is 12.9 Å². The summed E-state index contributed by atoms with van der Waals surface area (Å²) in [5.74, 6) is -0.444. The summed E-state index contributed by atoms with van der Waals surface area (Å²) in [4.78, 5) is 10.7. The van der Waals surface area contributed by atoms with Gasteiger partial charge in [0.15, 0.2) is 0 Å². The van der Waals surface area contributed by atoms with Crippen LogP contribution in [0.2, 0.25) is 0 Å². The van der Waals surface area contributed by atoms with Gasteiger partial charge >= 0.3 is 5.97 Å². The van der Waals surface area contributed by atoms with Gasteiger partial charge in [-0.1, -0.05) is 0 Å². The Hall–Kier alpha value is -0.620. The maximum Gasteiger partial charge on any atom is 0.305 e. The quantitative estimate of drug-likeness (QED) is 0.713. The summed E-state index contributed by atoms with van der Waals surface area (Å²) < 4.78 is 29.8. The minimum absolute atomic E-state index is 0.0562. The Morgan fingerprint density at radius 1 is 1.33 bits per heavy atom. The van der Waals surface area contributed by atoms with Crippen LogP contribution in [0.1, 0.15) is 33.6 Å². The van der Waals surface area contributed by atoms with Crippen molar-refractivity contribution in [1.82, 2.24) is 4.72 Å². The number of ether oxygens (including phenoxy) is 1. The molecule has 0 amide bonds. The van der Waals surface area contributed by atoms with Crippen molar-refractivity contribution in [2.45, 2.75) is 39.2 Å². The molecule has 0 saturated carbocycles. The van der Waals surface area contributed by atoms with Crippen LogP contribution < -0.4 is 4.72 Å². The number of hydrogen-bond acceptors (Lipinski definition) is 4. The van der Waals surface area contributed by atoms with Gasteiger partial charge in [0.25, 0.3) is 0 Å². The minimum Gasteiger partial charge on any atom is -0.469 e. The van der Waals surface area contributed by atoms with E-state index in [1.165, 1.54) is 7.11 Å². The van der Waals surface area contributed by atoms with Crippen LogP contribution in [0.15, 0.2) is 0 Å². The highest BCUT2D eigenvalue weighted by atomic mass is 32.2. The molecule has 0 fully saturated rings. The van der Waals surface area contributed by atoms with Crippen LogP contribution in [0.3, 0.4) is 0 Å². The van der Waals surface area contributed by atoms with Crippen molar-refractivity contribution >= 4 is 16.0 Å². The molecule has 15 heavy (non-hydrogen) atoms. The van der Waals surface area contributed by atoms with Gasteiger partial charge in [-0.25, -0.2) is 13.1 Å². The molecule has 0 saturated heterocycles. The highest BCUT2D eigenvalue weighted by molar-refractivity contribution is 7.89. The van der Waals surface area contributed by atoms with Crippen molar-refractivity contribution in [3.8, 4) is 0 Å². The van der Waals surface area contributed by atoms with Gasteiger partial charge in [0, 0.05) is 12.0 Å². The number of esters is 1. The maximum atomic E-state index is 11.5. The fraction of sp³-hybridized carbons (Fsp3) is 0.889. The van der Waals surface area contributed by atoms with Gasteiger partial charge in [-0.05, 0) is 27.2 Å². The van der Waals surface area contributed by atoms with E-state index in [-0.39, 0.29) is 24.6 Å². The monoisotopic (exact) mass is 237 g/mol. The van der Waals surface area contributed by atoms with E-state index in [4.69, 9.17) is 0 Å². The first-order valence-corrected chi connectivity index (χ1v) is 6.40. The lowest BCUT2D eigenvalue weighted by atomic mass is 10.1. The molecule has 0 aliphatic rings. The fourth-order valence-corrected chi connectivity index (χ4v) is 2.59. The summed E-state index contributed by atoms with van der Waals surface area (Å²) in [7, 11) is -2.02. The van der Waals surface area contributed by atoms with Gasteiger partial charge in [-0.3, -0.25) is 4.79 Å². The molecule has 0 rings (SSSR count). The van der Waals surface area contributed by atoms with Crippen LogP contribution >= 0.6 is 0 Å². The normalized spacial score (nSPS) is 12.5. The Balaban J connectivity index is 4.01. The summed E-state index contributed by atoms with van der Waals surface area (Å²) in [6.45, 7) is 5.31. The standard InChI is InChI=1S/C9H19NO4S/c1-9(2,3)10-15(12,13)7-5-6-8(11)14-4/h10H,5-7H2,1-4H3. The molecule has 6 heteroatoms. The molecule has 0 spiro atoms. The molecule has 0 heterocycles. The molecule has 0 aliphatic heterocycles. The summed E-state index contributed by atoms with van der Waals surface area (Å²) in [5.41, 5.74) is -0.482. The van der Waals surface area contributed by atoms with Gasteiger partial charge in [-0.15, -0.1) is 0 Å². The molecule has 0 bridgehead atoms. The molecule has 0 radical (unpaired) electrons. The Morgan fingerprint density at radius 3 is 2.27 bits per heavy atom. The van der Waals surface area contributed by atoms with Crippen LogP contribution in [-0.2, 0) is 19.6 Å². The first kappa shape index (κ1) is 14.4. The van der Waals surface area contributed by atoms with Gasteiger partial charge in [0.1, 0.15) is 0 Å². The third kappa shape index (κ3) is 8.38. The molecular weight excluding hydrogens is 218 g/mol. The summed E-state index contributed by atoms with van der Waals surface area (Å²) in [5, 5.41) is 0. The van der Waals surface area contributed by atoms with Gasteiger partial charge < -0.3 is 4.74 Å². The third-order valence-corrected chi connectivity index (χ3v) is 3.23. The van der Waals surface area contributed by atoms with Crippen molar-refractivity contribution in [3.63, 3.8) is 0 Å². The zero-order chi connectivity index (χ0) is 12.1. The summed E-state index contributed by atoms with van der Waals surface area (Å²) in [6.07, 6.45) is 0.402. The molecule has 90 valence electrons. The van der Waals surface area contributed by atoms with E-state index in [9.17, 15) is 13.2 Å². The molecule has 0 aliphatic carbocycles. The van der Waals surface area contributed by atoms with E-state index in [0.29, 0.717) is 0 Å². The predicted molar refractivity (Wildman–Crippen MR) is 57.9 cm³/mol. The van der Waals surface area contributed by atoms with Crippen LogP contribution in [0, 0.1) is 0 Å². The lowest BCUT2D eigenvalue weighted by Gasteiger charge is -2.20. The second-order valence-electron chi connectivity index (χ2n) is 4.35. The van der Waals surface area contributed by atoms with Crippen molar-refractivity contribution in [2.75, 3.05) is 12.9 Å². The predicted octanol–water partition coefficient (Wildman–Crippen LogP) is 0.657. The number of hydrogen-bond donors (Lipinski definition) is 1. The largest absolute Gasteiger partial charge is 0.469 e. The maximum absolute atomic E-state index is 11.5. The van der Waals surface area contributed by atoms with Crippen LogP contribution in [0.5, 0.6) is 0 Å². The number of carbonyl (C=O) groups excluding carboxylic acids is 1. The Bertz CT molecular complexity index is 303. The van der Waals surface area contributed by atoms with Crippen LogP contribution in [-0.4, -0.2) is 32.8 Å². The Morgan fingerprint density at radius 2 is 1.87 bits per heavy atom. The van der Waals surface area contributed by atoms with Crippen LogP contribution in [0.4, 0.5) is 0 Å². The first-order chi connectivity index (χ1) is 6.66. The van der Waals surface area contributed by atoms with Crippen molar-refractivity contribution in [1.29, 1.82) is 0 Å². The van der Waals surface area contributed by atoms with E-state index >= 15 is 0 Å². The summed E-state index contributed by atoms with van der Waals surface area (Å²) in [6, 6.07) is 0. The number of nitrogens with one attached hydrogen (secondary N) is 1. The van der Waals surface area contributed by atoms with E-state index in [0.717, 1.165) is 0 Å². The molecule has 5 nitrogen and oxygen atoms in total. The first-order valence-electron chi connectivity index (χ1n) is 4.75. The Kier molecular flexibility index (Phi) is 5.23. The molecule has 1 N–H and O–H groups in total. The minimum atomic E-state index is -3.30. The lowest BCUT2D eigenvalue weighted by molar-refractivity contribution is -0.140. The zero-order valence-corrected chi connectivity index (χ0v) is 10.5. The van der Waals surface area contributed by atoms with Crippen molar-refractivity contribution in [2.24, 2.45) is 0 Å². The van der Waals surface area contributed by atoms with E-state index in [2.05, 4.69) is 9.46 Å².